The first-order valence-electron chi connectivity index (χ1n) is 7.81. The van der Waals surface area contributed by atoms with E-state index in [1.807, 2.05) is 55.4 Å². The van der Waals surface area contributed by atoms with E-state index in [2.05, 4.69) is 26.8 Å². The van der Waals surface area contributed by atoms with Crippen LogP contribution in [0.5, 0.6) is 0 Å². The predicted molar refractivity (Wildman–Crippen MR) is 103 cm³/mol. The summed E-state index contributed by atoms with van der Waals surface area (Å²) >= 11 is 0. The van der Waals surface area contributed by atoms with E-state index >= 15 is 0 Å². The Morgan fingerprint density at radius 2 is 2.00 bits per heavy atom. The zero-order chi connectivity index (χ0) is 17.8. The van der Waals surface area contributed by atoms with Gasteiger partial charge in [-0.25, -0.2) is 9.97 Å². The lowest BCUT2D eigenvalue weighted by Gasteiger charge is -2.16. The fraction of sp³-hybridized carbons (Fsp3) is 0.105. The zero-order valence-corrected chi connectivity index (χ0v) is 14.3. The third-order valence-corrected chi connectivity index (χ3v) is 3.70. The molecule has 0 atom stereocenters. The van der Waals surface area contributed by atoms with E-state index < -0.39 is 0 Å². The predicted octanol–water partition coefficient (Wildman–Crippen LogP) is 3.27. The van der Waals surface area contributed by atoms with Crippen molar-refractivity contribution in [2.24, 2.45) is 0 Å². The normalized spacial score (nSPS) is 10.3. The van der Waals surface area contributed by atoms with Crippen molar-refractivity contribution >= 4 is 22.9 Å². The molecule has 2 aromatic heterocycles. The fourth-order valence-corrected chi connectivity index (χ4v) is 2.37. The summed E-state index contributed by atoms with van der Waals surface area (Å²) in [6.07, 6.45) is 5.09. The van der Waals surface area contributed by atoms with Crippen molar-refractivity contribution in [1.29, 1.82) is 0 Å². The number of rotatable bonds is 5. The van der Waals surface area contributed by atoms with Gasteiger partial charge in [0.2, 0.25) is 0 Å². The molecule has 0 unspecified atom stereocenters. The van der Waals surface area contributed by atoms with Crippen LogP contribution in [0.3, 0.4) is 0 Å². The summed E-state index contributed by atoms with van der Waals surface area (Å²) in [5.41, 5.74) is 10.7. The molecule has 25 heavy (non-hydrogen) atoms. The van der Waals surface area contributed by atoms with E-state index in [4.69, 9.17) is 5.73 Å². The molecular weight excluding hydrogens is 312 g/mol. The van der Waals surface area contributed by atoms with E-state index in [-0.39, 0.29) is 0 Å². The van der Waals surface area contributed by atoms with Crippen LogP contribution in [-0.2, 0) is 0 Å². The monoisotopic (exact) mass is 332 g/mol. The topological polar surface area (TPSA) is 80.0 Å². The van der Waals surface area contributed by atoms with E-state index in [0.29, 0.717) is 22.9 Å². The van der Waals surface area contributed by atoms with Gasteiger partial charge in [0.1, 0.15) is 5.69 Å². The van der Waals surface area contributed by atoms with Gasteiger partial charge >= 0.3 is 0 Å². The minimum Gasteiger partial charge on any atom is -0.382 e. The lowest BCUT2D eigenvalue weighted by molar-refractivity contribution is 1.13. The first-order valence-corrected chi connectivity index (χ1v) is 7.81. The summed E-state index contributed by atoms with van der Waals surface area (Å²) in [6.45, 7) is 4.07. The van der Waals surface area contributed by atoms with Gasteiger partial charge in [0, 0.05) is 43.4 Å². The van der Waals surface area contributed by atoms with Crippen LogP contribution in [0.25, 0.3) is 17.0 Å². The Labute approximate surface area is 147 Å². The molecule has 0 radical (unpaired) electrons. The highest BCUT2D eigenvalue weighted by Gasteiger charge is 2.11. The van der Waals surface area contributed by atoms with Gasteiger partial charge in [0.15, 0.2) is 5.82 Å². The molecule has 126 valence electrons. The molecule has 0 aliphatic carbocycles. The number of nitrogens with two attached hydrogens (primary N) is 1. The van der Waals surface area contributed by atoms with Gasteiger partial charge in [-0.2, -0.15) is 0 Å². The van der Waals surface area contributed by atoms with Crippen LogP contribution < -0.4 is 16.0 Å². The second-order valence-electron chi connectivity index (χ2n) is 5.78. The smallest absolute Gasteiger partial charge is 0.151 e. The molecule has 2 heterocycles. The average molecular weight is 332 g/mol. The average Bonchev–Trinajstić information content (AvgIpc) is 2.63. The van der Waals surface area contributed by atoms with Crippen LogP contribution in [0, 0.1) is 0 Å². The SMILES string of the molecule is C=C(Nc1cccc(N(C)C)c1)c1nc(-c2cccnc2)cnc1N. The van der Waals surface area contributed by atoms with Crippen molar-refractivity contribution in [2.75, 3.05) is 30.0 Å². The molecule has 6 nitrogen and oxygen atoms in total. The van der Waals surface area contributed by atoms with Crippen molar-refractivity contribution in [2.45, 2.75) is 0 Å². The Bertz CT molecular complexity index is 889. The zero-order valence-electron chi connectivity index (χ0n) is 14.3. The minimum absolute atomic E-state index is 0.328. The quantitative estimate of drug-likeness (QED) is 0.746. The molecule has 0 saturated carbocycles. The van der Waals surface area contributed by atoms with E-state index in [1.165, 1.54) is 0 Å². The lowest BCUT2D eigenvalue weighted by atomic mass is 10.2. The van der Waals surface area contributed by atoms with E-state index in [0.717, 1.165) is 16.9 Å². The van der Waals surface area contributed by atoms with Gasteiger partial charge in [-0.3, -0.25) is 4.98 Å². The number of benzene rings is 1. The van der Waals surface area contributed by atoms with Crippen LogP contribution in [0.1, 0.15) is 5.69 Å². The number of hydrogen-bond acceptors (Lipinski definition) is 6. The summed E-state index contributed by atoms with van der Waals surface area (Å²) in [5, 5.41) is 3.25. The number of nitrogens with one attached hydrogen (secondary N) is 1. The highest BCUT2D eigenvalue weighted by molar-refractivity contribution is 5.80. The summed E-state index contributed by atoms with van der Waals surface area (Å²) in [7, 11) is 3.99. The lowest BCUT2D eigenvalue weighted by Crippen LogP contribution is -2.09. The molecule has 0 spiro atoms. The van der Waals surface area contributed by atoms with E-state index in [9.17, 15) is 0 Å². The molecule has 0 bridgehead atoms. The Hall–Kier alpha value is -3.41. The number of hydrogen-bond donors (Lipinski definition) is 2. The van der Waals surface area contributed by atoms with Crippen LogP contribution in [0.2, 0.25) is 0 Å². The molecule has 0 aliphatic heterocycles. The van der Waals surface area contributed by atoms with Crippen molar-refractivity contribution < 1.29 is 0 Å². The second kappa shape index (κ2) is 7.00. The molecule has 0 saturated heterocycles. The van der Waals surface area contributed by atoms with Gasteiger partial charge in [0.25, 0.3) is 0 Å². The first kappa shape index (κ1) is 16.4. The minimum atomic E-state index is 0.328. The van der Waals surface area contributed by atoms with Crippen molar-refractivity contribution in [3.05, 3.63) is 67.3 Å². The highest BCUT2D eigenvalue weighted by atomic mass is 15.1. The molecule has 6 heteroatoms. The molecule has 0 amide bonds. The summed E-state index contributed by atoms with van der Waals surface area (Å²) in [5.74, 6) is 0.328. The molecule has 3 N–H and O–H groups in total. The van der Waals surface area contributed by atoms with Crippen LogP contribution >= 0.6 is 0 Å². The number of pyridine rings is 1. The maximum atomic E-state index is 6.00. The molecule has 0 fully saturated rings. The van der Waals surface area contributed by atoms with Gasteiger partial charge in [-0.15, -0.1) is 0 Å². The largest absolute Gasteiger partial charge is 0.382 e. The number of aromatic nitrogens is 3. The molecular formula is C19H20N6. The first-order chi connectivity index (χ1) is 12.0. The van der Waals surface area contributed by atoms with Crippen LogP contribution in [0.15, 0.2) is 61.6 Å². The molecule has 3 aromatic rings. The third-order valence-electron chi connectivity index (χ3n) is 3.70. The van der Waals surface area contributed by atoms with E-state index in [1.54, 1.807) is 18.6 Å². The van der Waals surface area contributed by atoms with Crippen molar-refractivity contribution in [1.82, 2.24) is 15.0 Å². The summed E-state index contributed by atoms with van der Waals surface area (Å²) < 4.78 is 0. The Morgan fingerprint density at radius 1 is 1.16 bits per heavy atom. The Kier molecular flexibility index (Phi) is 4.61. The Balaban J connectivity index is 1.88. The maximum Gasteiger partial charge on any atom is 0.151 e. The molecule has 0 aliphatic rings. The Morgan fingerprint density at radius 3 is 2.72 bits per heavy atom. The van der Waals surface area contributed by atoms with Crippen LogP contribution in [0.4, 0.5) is 17.2 Å². The second-order valence-corrected chi connectivity index (χ2v) is 5.78. The van der Waals surface area contributed by atoms with Crippen molar-refractivity contribution in [3.8, 4) is 11.3 Å². The third kappa shape index (κ3) is 3.74. The number of nitrogens with zero attached hydrogens (tertiary/aromatic N) is 4. The van der Waals surface area contributed by atoms with Crippen molar-refractivity contribution in [3.63, 3.8) is 0 Å². The fourth-order valence-electron chi connectivity index (χ4n) is 2.37. The maximum absolute atomic E-state index is 6.00. The van der Waals surface area contributed by atoms with Crippen LogP contribution in [-0.4, -0.2) is 29.0 Å². The standard InChI is InChI=1S/C19H20N6/c1-13(23-15-7-4-8-16(10-15)25(2)3)18-19(20)22-12-17(24-18)14-6-5-9-21-11-14/h4-12,23H,1H2,2-3H3,(H2,20,22). The van der Waals surface area contributed by atoms with Gasteiger partial charge < -0.3 is 16.0 Å². The summed E-state index contributed by atoms with van der Waals surface area (Å²) in [4.78, 5) is 15.0. The van der Waals surface area contributed by atoms with Gasteiger partial charge in [0.05, 0.1) is 17.6 Å². The molecule has 1 aromatic carbocycles. The summed E-state index contributed by atoms with van der Waals surface area (Å²) in [6, 6.07) is 11.8. The molecule has 3 rings (SSSR count). The number of nitrogen functional groups attached to an aromatic ring is 1. The van der Waals surface area contributed by atoms with Gasteiger partial charge in [-0.1, -0.05) is 12.6 Å². The van der Waals surface area contributed by atoms with Gasteiger partial charge in [-0.05, 0) is 30.3 Å². The number of anilines is 3. The highest BCUT2D eigenvalue weighted by Crippen LogP contribution is 2.24.